The van der Waals surface area contributed by atoms with Crippen molar-refractivity contribution in [2.45, 2.75) is 13.3 Å². The van der Waals surface area contributed by atoms with Gasteiger partial charge in [0.1, 0.15) is 0 Å². The molecule has 7 nitrogen and oxygen atoms in total. The summed E-state index contributed by atoms with van der Waals surface area (Å²) >= 11 is 1.31. The number of nitrogens with zero attached hydrogens (tertiary/aromatic N) is 4. The summed E-state index contributed by atoms with van der Waals surface area (Å²) in [7, 11) is 0. The molecule has 8 heteroatoms. The zero-order valence-corrected chi connectivity index (χ0v) is 12.8. The molecule has 0 spiro atoms. The van der Waals surface area contributed by atoms with E-state index in [0.717, 1.165) is 17.7 Å². The van der Waals surface area contributed by atoms with Crippen molar-refractivity contribution in [1.82, 2.24) is 20.0 Å². The highest BCUT2D eigenvalue weighted by atomic mass is 32.1. The van der Waals surface area contributed by atoms with Crippen LogP contribution in [0.25, 0.3) is 16.4 Å². The summed E-state index contributed by atoms with van der Waals surface area (Å²) in [5.74, 6) is -1.53. The van der Waals surface area contributed by atoms with Gasteiger partial charge in [-0.1, -0.05) is 36.4 Å². The molecule has 3 aromatic rings. The van der Waals surface area contributed by atoms with Crippen LogP contribution >= 0.6 is 11.3 Å². The molecule has 0 atom stereocenters. The van der Waals surface area contributed by atoms with Crippen molar-refractivity contribution in [3.05, 3.63) is 46.6 Å². The van der Waals surface area contributed by atoms with Crippen molar-refractivity contribution in [1.29, 1.82) is 0 Å². The van der Waals surface area contributed by atoms with Crippen LogP contribution in [0, 0.1) is 0 Å². The highest BCUT2D eigenvalue weighted by Crippen LogP contribution is 2.27. The minimum atomic E-state index is -0.775. The lowest BCUT2D eigenvalue weighted by Crippen LogP contribution is -2.08. The van der Waals surface area contributed by atoms with Crippen molar-refractivity contribution in [3.63, 3.8) is 0 Å². The zero-order valence-electron chi connectivity index (χ0n) is 12.0. The van der Waals surface area contributed by atoms with Gasteiger partial charge < -0.3 is 4.74 Å². The van der Waals surface area contributed by atoms with Crippen molar-refractivity contribution in [3.8, 4) is 16.4 Å². The Morgan fingerprint density at radius 2 is 1.96 bits per heavy atom. The minimum absolute atomic E-state index is 0.0252. The maximum atomic E-state index is 11.7. The number of thiazole rings is 1. The normalized spacial score (nSPS) is 13.3. The molecule has 0 amide bonds. The van der Waals surface area contributed by atoms with Crippen LogP contribution < -0.4 is 0 Å². The van der Waals surface area contributed by atoms with Crippen molar-refractivity contribution >= 4 is 23.3 Å². The van der Waals surface area contributed by atoms with Crippen molar-refractivity contribution in [2.75, 3.05) is 0 Å². The Morgan fingerprint density at radius 3 is 2.70 bits per heavy atom. The first-order chi connectivity index (χ1) is 11.2. The van der Waals surface area contributed by atoms with Gasteiger partial charge in [0.05, 0.1) is 5.69 Å². The standard InChI is InChI=1S/C15H10N4O3S/c1-2-8-3-5-9(6-4-8)10-7-23-15(16-10)19-12-11(17-18-19)13(20)22-14(12)21/h3-7H,2H2,1H3. The fourth-order valence-corrected chi connectivity index (χ4v) is 3.11. The van der Waals surface area contributed by atoms with Crippen LogP contribution in [0.15, 0.2) is 29.6 Å². The molecular weight excluding hydrogens is 316 g/mol. The predicted molar refractivity (Wildman–Crippen MR) is 81.6 cm³/mol. The lowest BCUT2D eigenvalue weighted by atomic mass is 10.1. The third-order valence-electron chi connectivity index (χ3n) is 3.57. The van der Waals surface area contributed by atoms with E-state index in [1.807, 2.05) is 17.5 Å². The van der Waals surface area contributed by atoms with Crippen LogP contribution in [0.4, 0.5) is 0 Å². The SMILES string of the molecule is CCc1ccc(-c2csc(-n3nnc4c3C(=O)OC4=O)n2)cc1. The summed E-state index contributed by atoms with van der Waals surface area (Å²) in [6.45, 7) is 2.10. The highest BCUT2D eigenvalue weighted by molar-refractivity contribution is 7.12. The Morgan fingerprint density at radius 1 is 1.17 bits per heavy atom. The number of aromatic nitrogens is 4. The van der Waals surface area contributed by atoms with Gasteiger partial charge in [-0.25, -0.2) is 14.6 Å². The average Bonchev–Trinajstić information content (AvgIpc) is 3.26. The van der Waals surface area contributed by atoms with E-state index >= 15 is 0 Å². The van der Waals surface area contributed by atoms with E-state index in [9.17, 15) is 9.59 Å². The van der Waals surface area contributed by atoms with Crippen molar-refractivity contribution < 1.29 is 14.3 Å². The molecule has 0 radical (unpaired) electrons. The molecule has 0 fully saturated rings. The van der Waals surface area contributed by atoms with Gasteiger partial charge in [0.15, 0.2) is 5.69 Å². The maximum absolute atomic E-state index is 11.7. The Bertz CT molecular complexity index is 927. The molecule has 3 heterocycles. The first-order valence-corrected chi connectivity index (χ1v) is 7.82. The molecule has 0 saturated carbocycles. The Kier molecular flexibility index (Phi) is 3.05. The second kappa shape index (κ2) is 5.10. The van der Waals surface area contributed by atoms with Gasteiger partial charge in [-0.3, -0.25) is 0 Å². The Balaban J connectivity index is 1.73. The maximum Gasteiger partial charge on any atom is 0.369 e. The van der Waals surface area contributed by atoms with E-state index in [0.29, 0.717) is 5.13 Å². The number of aryl methyl sites for hydroxylation is 1. The lowest BCUT2D eigenvalue weighted by molar-refractivity contribution is 0.0434. The van der Waals surface area contributed by atoms with Crippen LogP contribution in [0.5, 0.6) is 0 Å². The topological polar surface area (TPSA) is 87.0 Å². The first kappa shape index (κ1) is 13.8. The molecular formula is C15H10N4O3S. The smallest absolute Gasteiger partial charge is 0.369 e. The van der Waals surface area contributed by atoms with Crippen LogP contribution in [0.1, 0.15) is 33.5 Å². The number of carbonyl (C=O) groups excluding carboxylic acids is 2. The molecule has 0 N–H and O–H groups in total. The van der Waals surface area contributed by atoms with Gasteiger partial charge in [-0.05, 0) is 12.0 Å². The molecule has 1 aliphatic rings. The van der Waals surface area contributed by atoms with Gasteiger partial charge in [-0.2, -0.15) is 4.68 Å². The summed E-state index contributed by atoms with van der Waals surface area (Å²) in [5, 5.41) is 9.86. The molecule has 0 saturated heterocycles. The molecule has 23 heavy (non-hydrogen) atoms. The molecule has 1 aromatic carbocycles. The number of rotatable bonds is 3. The quantitative estimate of drug-likeness (QED) is 0.542. The first-order valence-electron chi connectivity index (χ1n) is 6.95. The van der Waals surface area contributed by atoms with Crippen molar-refractivity contribution in [2.24, 2.45) is 0 Å². The molecule has 1 aliphatic heterocycles. The Labute approximate surface area is 134 Å². The number of esters is 2. The number of cyclic esters (lactones) is 2. The number of ether oxygens (including phenoxy) is 1. The number of hydrogen-bond acceptors (Lipinski definition) is 7. The van der Waals surface area contributed by atoms with Crippen LogP contribution in [-0.4, -0.2) is 31.9 Å². The fraction of sp³-hybridized carbons (Fsp3) is 0.133. The van der Waals surface area contributed by atoms with Gasteiger partial charge in [-0.15, -0.1) is 16.4 Å². The monoisotopic (exact) mass is 326 g/mol. The van der Waals surface area contributed by atoms with E-state index in [1.165, 1.54) is 21.6 Å². The second-order valence-electron chi connectivity index (χ2n) is 4.94. The Hall–Kier alpha value is -2.87. The molecule has 4 rings (SSSR count). The van der Waals surface area contributed by atoms with Crippen LogP contribution in [0.2, 0.25) is 0 Å². The summed E-state index contributed by atoms with van der Waals surface area (Å²) in [6.07, 6.45) is 0.976. The number of benzene rings is 1. The van der Waals surface area contributed by atoms with Gasteiger partial charge in [0, 0.05) is 10.9 Å². The summed E-state index contributed by atoms with van der Waals surface area (Å²) in [6, 6.07) is 8.11. The second-order valence-corrected chi connectivity index (χ2v) is 5.78. The highest BCUT2D eigenvalue weighted by Gasteiger charge is 2.37. The van der Waals surface area contributed by atoms with E-state index < -0.39 is 11.9 Å². The molecule has 2 aromatic heterocycles. The van der Waals surface area contributed by atoms with E-state index in [4.69, 9.17) is 0 Å². The van der Waals surface area contributed by atoms with Gasteiger partial charge in [0.25, 0.3) is 0 Å². The molecule has 0 bridgehead atoms. The van der Waals surface area contributed by atoms with E-state index in [2.05, 4.69) is 39.1 Å². The number of hydrogen-bond donors (Lipinski definition) is 0. The predicted octanol–water partition coefficient (Wildman–Crippen LogP) is 2.26. The lowest BCUT2D eigenvalue weighted by Gasteiger charge is -1.99. The third kappa shape index (κ3) is 2.15. The van der Waals surface area contributed by atoms with E-state index in [-0.39, 0.29) is 11.4 Å². The average molecular weight is 326 g/mol. The van der Waals surface area contributed by atoms with Gasteiger partial charge >= 0.3 is 11.9 Å². The summed E-state index contributed by atoms with van der Waals surface area (Å²) in [5.41, 5.74) is 2.95. The molecule has 0 unspecified atom stereocenters. The zero-order chi connectivity index (χ0) is 16.0. The van der Waals surface area contributed by atoms with Gasteiger partial charge in [0.2, 0.25) is 10.8 Å². The van der Waals surface area contributed by atoms with Crippen LogP contribution in [0.3, 0.4) is 0 Å². The largest absolute Gasteiger partial charge is 0.383 e. The molecule has 0 aliphatic carbocycles. The third-order valence-corrected chi connectivity index (χ3v) is 4.39. The molecule has 114 valence electrons. The fourth-order valence-electron chi connectivity index (χ4n) is 2.32. The summed E-state index contributed by atoms with van der Waals surface area (Å²) in [4.78, 5) is 27.6. The summed E-state index contributed by atoms with van der Waals surface area (Å²) < 4.78 is 5.77. The number of fused-ring (bicyclic) bond motifs is 1. The minimum Gasteiger partial charge on any atom is -0.383 e. The number of carbonyl (C=O) groups is 2. The van der Waals surface area contributed by atoms with E-state index in [1.54, 1.807) is 0 Å². The van der Waals surface area contributed by atoms with Crippen LogP contribution in [-0.2, 0) is 11.2 Å².